The number of ether oxygens (including phenoxy) is 1. The van der Waals surface area contributed by atoms with Crippen molar-refractivity contribution in [3.05, 3.63) is 52.1 Å². The van der Waals surface area contributed by atoms with E-state index >= 15 is 0 Å². The number of hydrogen-bond donors (Lipinski definition) is 2. The summed E-state index contributed by atoms with van der Waals surface area (Å²) < 4.78 is 5.08. The first kappa shape index (κ1) is 14.2. The number of anilines is 3. The number of hydrogen-bond acceptors (Lipinski definition) is 5. The van der Waals surface area contributed by atoms with Crippen LogP contribution in [0.3, 0.4) is 0 Å². The van der Waals surface area contributed by atoms with Crippen LogP contribution < -0.4 is 15.4 Å². The SMILES string of the molecule is COc1cc(Nc2ccc3c(c2)CCCN3)ccc1[N+](=O)[O-]. The van der Waals surface area contributed by atoms with Crippen LogP contribution in [0.15, 0.2) is 36.4 Å². The molecule has 0 amide bonds. The van der Waals surface area contributed by atoms with Crippen LogP contribution >= 0.6 is 0 Å². The van der Waals surface area contributed by atoms with Gasteiger partial charge in [-0.25, -0.2) is 0 Å². The normalized spacial score (nSPS) is 13.0. The average Bonchev–Trinajstić information content (AvgIpc) is 2.54. The molecule has 6 nitrogen and oxygen atoms in total. The topological polar surface area (TPSA) is 76.4 Å². The molecular formula is C16H17N3O3. The zero-order chi connectivity index (χ0) is 15.5. The summed E-state index contributed by atoms with van der Waals surface area (Å²) in [5.41, 5.74) is 4.13. The van der Waals surface area contributed by atoms with Gasteiger partial charge in [0.1, 0.15) is 0 Å². The second-order valence-corrected chi connectivity index (χ2v) is 5.17. The molecule has 1 heterocycles. The summed E-state index contributed by atoms with van der Waals surface area (Å²) in [5.74, 6) is 0.245. The van der Waals surface area contributed by atoms with E-state index in [9.17, 15) is 10.1 Å². The Morgan fingerprint density at radius 3 is 2.77 bits per heavy atom. The molecule has 22 heavy (non-hydrogen) atoms. The first-order chi connectivity index (χ1) is 10.7. The van der Waals surface area contributed by atoms with E-state index in [0.717, 1.165) is 30.8 Å². The summed E-state index contributed by atoms with van der Waals surface area (Å²) >= 11 is 0. The molecule has 0 unspecified atom stereocenters. The molecule has 0 aromatic heterocycles. The Kier molecular flexibility index (Phi) is 3.82. The molecule has 0 saturated heterocycles. The van der Waals surface area contributed by atoms with Crippen molar-refractivity contribution in [1.82, 2.24) is 0 Å². The maximum absolute atomic E-state index is 10.9. The van der Waals surface area contributed by atoms with Gasteiger partial charge >= 0.3 is 5.69 Å². The second kappa shape index (κ2) is 5.93. The highest BCUT2D eigenvalue weighted by Crippen LogP contribution is 2.32. The van der Waals surface area contributed by atoms with Crippen LogP contribution in [-0.4, -0.2) is 18.6 Å². The number of benzene rings is 2. The average molecular weight is 299 g/mol. The monoisotopic (exact) mass is 299 g/mol. The molecule has 0 fully saturated rings. The molecule has 2 aromatic rings. The number of nitrogens with zero attached hydrogens (tertiary/aromatic N) is 1. The quantitative estimate of drug-likeness (QED) is 0.665. The van der Waals surface area contributed by atoms with Crippen LogP contribution in [0.25, 0.3) is 0 Å². The van der Waals surface area contributed by atoms with Crippen molar-refractivity contribution >= 4 is 22.7 Å². The van der Waals surface area contributed by atoms with Gasteiger partial charge in [-0.05, 0) is 42.7 Å². The van der Waals surface area contributed by atoms with Gasteiger partial charge in [-0.1, -0.05) is 0 Å². The third kappa shape index (κ3) is 2.81. The summed E-state index contributed by atoms with van der Waals surface area (Å²) in [5, 5.41) is 17.5. The van der Waals surface area contributed by atoms with E-state index in [1.165, 1.54) is 24.4 Å². The minimum absolute atomic E-state index is 0.0392. The highest BCUT2D eigenvalue weighted by atomic mass is 16.6. The fraction of sp³-hybridized carbons (Fsp3) is 0.250. The highest BCUT2D eigenvalue weighted by Gasteiger charge is 2.15. The molecule has 1 aliphatic heterocycles. The second-order valence-electron chi connectivity index (χ2n) is 5.17. The summed E-state index contributed by atoms with van der Waals surface area (Å²) in [6.07, 6.45) is 2.18. The van der Waals surface area contributed by atoms with Gasteiger partial charge in [0, 0.05) is 35.7 Å². The van der Waals surface area contributed by atoms with Crippen molar-refractivity contribution in [2.24, 2.45) is 0 Å². The predicted molar refractivity (Wildman–Crippen MR) is 86.2 cm³/mol. The predicted octanol–water partition coefficient (Wildman–Crippen LogP) is 3.71. The molecule has 3 rings (SSSR count). The van der Waals surface area contributed by atoms with Crippen molar-refractivity contribution in [2.75, 3.05) is 24.3 Å². The van der Waals surface area contributed by atoms with E-state index < -0.39 is 4.92 Å². The van der Waals surface area contributed by atoms with Crippen molar-refractivity contribution in [3.8, 4) is 5.75 Å². The van der Waals surface area contributed by atoms with Gasteiger partial charge in [-0.3, -0.25) is 10.1 Å². The fourth-order valence-electron chi connectivity index (χ4n) is 2.63. The van der Waals surface area contributed by atoms with Crippen molar-refractivity contribution in [1.29, 1.82) is 0 Å². The first-order valence-electron chi connectivity index (χ1n) is 7.13. The van der Waals surface area contributed by atoms with E-state index in [4.69, 9.17) is 4.74 Å². The molecular weight excluding hydrogens is 282 g/mol. The lowest BCUT2D eigenvalue weighted by Gasteiger charge is -2.19. The molecule has 0 spiro atoms. The molecule has 0 atom stereocenters. The summed E-state index contributed by atoms with van der Waals surface area (Å²) in [6.45, 7) is 1.01. The van der Waals surface area contributed by atoms with E-state index in [1.807, 2.05) is 6.07 Å². The lowest BCUT2D eigenvalue weighted by atomic mass is 10.0. The standard InChI is InChI=1S/C16H17N3O3/c1-22-16-10-13(5-7-15(16)19(20)21)18-12-4-6-14-11(9-12)3-2-8-17-14/h4-7,9-10,17-18H,2-3,8H2,1H3. The number of nitro benzene ring substituents is 1. The van der Waals surface area contributed by atoms with Crippen LogP contribution in [0, 0.1) is 10.1 Å². The van der Waals surface area contributed by atoms with Gasteiger partial charge in [0.25, 0.3) is 0 Å². The van der Waals surface area contributed by atoms with Gasteiger partial charge in [-0.2, -0.15) is 0 Å². The van der Waals surface area contributed by atoms with E-state index in [-0.39, 0.29) is 11.4 Å². The van der Waals surface area contributed by atoms with Crippen LogP contribution in [0.1, 0.15) is 12.0 Å². The van der Waals surface area contributed by atoms with Gasteiger partial charge in [0.15, 0.2) is 5.75 Å². The fourth-order valence-corrected chi connectivity index (χ4v) is 2.63. The first-order valence-corrected chi connectivity index (χ1v) is 7.13. The Hall–Kier alpha value is -2.76. The van der Waals surface area contributed by atoms with Gasteiger partial charge in [-0.15, -0.1) is 0 Å². The van der Waals surface area contributed by atoms with Crippen LogP contribution in [0.2, 0.25) is 0 Å². The Balaban J connectivity index is 1.85. The van der Waals surface area contributed by atoms with E-state index in [1.54, 1.807) is 12.1 Å². The highest BCUT2D eigenvalue weighted by molar-refractivity contribution is 5.68. The number of aryl methyl sites for hydroxylation is 1. The van der Waals surface area contributed by atoms with Crippen molar-refractivity contribution in [2.45, 2.75) is 12.8 Å². The van der Waals surface area contributed by atoms with Gasteiger partial charge in [0.2, 0.25) is 0 Å². The number of nitro groups is 1. The van der Waals surface area contributed by atoms with Crippen LogP contribution in [0.4, 0.5) is 22.7 Å². The molecule has 0 saturated carbocycles. The third-order valence-corrected chi connectivity index (χ3v) is 3.71. The molecule has 0 radical (unpaired) electrons. The lowest BCUT2D eigenvalue weighted by Crippen LogP contribution is -2.11. The molecule has 0 aliphatic carbocycles. The summed E-state index contributed by atoms with van der Waals surface area (Å²) in [7, 11) is 1.43. The van der Waals surface area contributed by atoms with E-state index in [2.05, 4.69) is 22.8 Å². The van der Waals surface area contributed by atoms with Crippen LogP contribution in [-0.2, 0) is 6.42 Å². The molecule has 1 aliphatic rings. The number of methoxy groups -OCH3 is 1. The minimum Gasteiger partial charge on any atom is -0.490 e. The Morgan fingerprint density at radius 1 is 1.23 bits per heavy atom. The molecule has 0 bridgehead atoms. The number of nitrogens with one attached hydrogen (secondary N) is 2. The molecule has 2 N–H and O–H groups in total. The number of rotatable bonds is 4. The minimum atomic E-state index is -0.451. The zero-order valence-electron chi connectivity index (χ0n) is 12.3. The maximum Gasteiger partial charge on any atom is 0.311 e. The van der Waals surface area contributed by atoms with Gasteiger partial charge in [0.05, 0.1) is 12.0 Å². The van der Waals surface area contributed by atoms with Crippen molar-refractivity contribution in [3.63, 3.8) is 0 Å². The Bertz CT molecular complexity index is 716. The third-order valence-electron chi connectivity index (χ3n) is 3.71. The van der Waals surface area contributed by atoms with E-state index in [0.29, 0.717) is 0 Å². The molecule has 6 heteroatoms. The maximum atomic E-state index is 10.9. The summed E-state index contributed by atoms with van der Waals surface area (Å²) in [4.78, 5) is 10.5. The van der Waals surface area contributed by atoms with Crippen molar-refractivity contribution < 1.29 is 9.66 Å². The lowest BCUT2D eigenvalue weighted by molar-refractivity contribution is -0.385. The Morgan fingerprint density at radius 2 is 2.00 bits per heavy atom. The van der Waals surface area contributed by atoms with Crippen LogP contribution in [0.5, 0.6) is 5.75 Å². The largest absolute Gasteiger partial charge is 0.490 e. The van der Waals surface area contributed by atoms with Gasteiger partial charge < -0.3 is 15.4 Å². The Labute approximate surface area is 128 Å². The molecule has 2 aromatic carbocycles. The smallest absolute Gasteiger partial charge is 0.311 e. The number of fused-ring (bicyclic) bond motifs is 1. The zero-order valence-corrected chi connectivity index (χ0v) is 12.3. The molecule has 114 valence electrons. The summed E-state index contributed by atoms with van der Waals surface area (Å²) in [6, 6.07) is 10.9.